The summed E-state index contributed by atoms with van der Waals surface area (Å²) in [7, 11) is 0. The van der Waals surface area contributed by atoms with Gasteiger partial charge in [-0.2, -0.15) is 0 Å². The molecule has 4 nitrogen and oxygen atoms in total. The maximum absolute atomic E-state index is 11.8. The first kappa shape index (κ1) is 16.0. The Balaban J connectivity index is 1.68. The fraction of sp³-hybridized carbons (Fsp3) is 0.333. The van der Waals surface area contributed by atoms with Crippen LogP contribution in [0.15, 0.2) is 48.8 Å². The minimum atomic E-state index is -0.0624. The van der Waals surface area contributed by atoms with E-state index in [1.807, 2.05) is 50.2 Å². The summed E-state index contributed by atoms with van der Waals surface area (Å²) in [6, 6.07) is 11.8. The SMILES string of the molecule is Cc1ccc(OC(C)CNC(=O)CCc2ccncc2)cc1. The van der Waals surface area contributed by atoms with Gasteiger partial charge in [0.15, 0.2) is 0 Å². The molecule has 1 N–H and O–H groups in total. The third-order valence-corrected chi connectivity index (χ3v) is 3.34. The van der Waals surface area contributed by atoms with Crippen LogP contribution in [-0.2, 0) is 11.2 Å². The standard InChI is InChI=1S/C18H22N2O2/c1-14-3-6-17(7-4-14)22-15(2)13-20-18(21)8-5-16-9-11-19-12-10-16/h3-4,6-7,9-12,15H,5,8,13H2,1-2H3,(H,20,21). The third-order valence-electron chi connectivity index (χ3n) is 3.34. The zero-order valence-electron chi connectivity index (χ0n) is 13.1. The van der Waals surface area contributed by atoms with E-state index in [1.165, 1.54) is 5.56 Å². The zero-order valence-corrected chi connectivity index (χ0v) is 13.1. The maximum Gasteiger partial charge on any atom is 0.220 e. The van der Waals surface area contributed by atoms with Gasteiger partial charge in [0, 0.05) is 18.8 Å². The number of aromatic nitrogens is 1. The quantitative estimate of drug-likeness (QED) is 0.855. The molecule has 22 heavy (non-hydrogen) atoms. The average Bonchev–Trinajstić information content (AvgIpc) is 2.54. The molecule has 116 valence electrons. The van der Waals surface area contributed by atoms with Gasteiger partial charge in [-0.1, -0.05) is 17.7 Å². The van der Waals surface area contributed by atoms with E-state index in [0.717, 1.165) is 17.7 Å². The molecule has 1 heterocycles. The van der Waals surface area contributed by atoms with E-state index in [-0.39, 0.29) is 12.0 Å². The van der Waals surface area contributed by atoms with Crippen molar-refractivity contribution < 1.29 is 9.53 Å². The van der Waals surface area contributed by atoms with Gasteiger partial charge in [0.25, 0.3) is 0 Å². The number of ether oxygens (including phenoxy) is 1. The molecule has 1 aromatic carbocycles. The van der Waals surface area contributed by atoms with E-state index in [1.54, 1.807) is 12.4 Å². The molecule has 1 aromatic heterocycles. The van der Waals surface area contributed by atoms with Crippen molar-refractivity contribution in [2.75, 3.05) is 6.54 Å². The van der Waals surface area contributed by atoms with Crippen molar-refractivity contribution in [2.45, 2.75) is 32.8 Å². The van der Waals surface area contributed by atoms with Gasteiger partial charge in [-0.05, 0) is 50.1 Å². The second-order valence-corrected chi connectivity index (χ2v) is 5.40. The van der Waals surface area contributed by atoms with E-state index < -0.39 is 0 Å². The first-order valence-corrected chi connectivity index (χ1v) is 7.52. The predicted octanol–water partition coefficient (Wildman–Crippen LogP) is 2.91. The molecule has 0 aliphatic heterocycles. The minimum Gasteiger partial charge on any atom is -0.489 e. The average molecular weight is 298 g/mol. The van der Waals surface area contributed by atoms with Gasteiger partial charge in [0.2, 0.25) is 5.91 Å². The molecule has 1 atom stereocenters. The molecule has 0 bridgehead atoms. The lowest BCUT2D eigenvalue weighted by Gasteiger charge is -2.15. The Kier molecular flexibility index (Phi) is 5.95. The number of aryl methyl sites for hydroxylation is 2. The van der Waals surface area contributed by atoms with Crippen LogP contribution in [0.1, 0.15) is 24.5 Å². The topological polar surface area (TPSA) is 51.2 Å². The molecule has 4 heteroatoms. The number of hydrogen-bond acceptors (Lipinski definition) is 3. The van der Waals surface area contributed by atoms with Gasteiger partial charge < -0.3 is 10.1 Å². The largest absolute Gasteiger partial charge is 0.489 e. The summed E-state index contributed by atoms with van der Waals surface area (Å²) >= 11 is 0. The number of nitrogens with zero attached hydrogens (tertiary/aromatic N) is 1. The summed E-state index contributed by atoms with van der Waals surface area (Å²) < 4.78 is 5.76. The Morgan fingerprint density at radius 2 is 1.86 bits per heavy atom. The molecule has 0 saturated heterocycles. The van der Waals surface area contributed by atoms with Crippen LogP contribution < -0.4 is 10.1 Å². The summed E-state index contributed by atoms with van der Waals surface area (Å²) in [6.45, 7) is 4.49. The van der Waals surface area contributed by atoms with Crippen LogP contribution >= 0.6 is 0 Å². The van der Waals surface area contributed by atoms with Crippen molar-refractivity contribution in [1.29, 1.82) is 0 Å². The van der Waals surface area contributed by atoms with Crippen LogP contribution in [0.4, 0.5) is 0 Å². The Hall–Kier alpha value is -2.36. The molecule has 0 fully saturated rings. The molecule has 2 aromatic rings. The molecule has 1 unspecified atom stereocenters. The molecule has 0 saturated carbocycles. The molecular formula is C18H22N2O2. The fourth-order valence-corrected chi connectivity index (χ4v) is 2.04. The Labute approximate surface area is 131 Å². The lowest BCUT2D eigenvalue weighted by atomic mass is 10.1. The summed E-state index contributed by atoms with van der Waals surface area (Å²) in [4.78, 5) is 15.8. The fourth-order valence-electron chi connectivity index (χ4n) is 2.04. The summed E-state index contributed by atoms with van der Waals surface area (Å²) in [5, 5.41) is 2.90. The van der Waals surface area contributed by atoms with Crippen molar-refractivity contribution in [3.05, 3.63) is 59.9 Å². The summed E-state index contributed by atoms with van der Waals surface area (Å²) in [6.07, 6.45) is 4.62. The van der Waals surface area contributed by atoms with Gasteiger partial charge in [0.1, 0.15) is 11.9 Å². The lowest BCUT2D eigenvalue weighted by molar-refractivity contribution is -0.121. The highest BCUT2D eigenvalue weighted by atomic mass is 16.5. The minimum absolute atomic E-state index is 0.0381. The number of rotatable bonds is 7. The van der Waals surface area contributed by atoms with E-state index >= 15 is 0 Å². The zero-order chi connectivity index (χ0) is 15.8. The third kappa shape index (κ3) is 5.56. The van der Waals surface area contributed by atoms with Crippen LogP contribution in [0.5, 0.6) is 5.75 Å². The predicted molar refractivity (Wildman–Crippen MR) is 86.8 cm³/mol. The highest BCUT2D eigenvalue weighted by molar-refractivity contribution is 5.76. The van der Waals surface area contributed by atoms with E-state index in [0.29, 0.717) is 13.0 Å². The Bertz CT molecular complexity index is 582. The number of amides is 1. The molecule has 0 spiro atoms. The van der Waals surface area contributed by atoms with Crippen molar-refractivity contribution in [3.63, 3.8) is 0 Å². The molecule has 0 radical (unpaired) electrons. The van der Waals surface area contributed by atoms with Gasteiger partial charge in [-0.3, -0.25) is 9.78 Å². The number of carbonyl (C=O) groups excluding carboxylic acids is 1. The summed E-state index contributed by atoms with van der Waals surface area (Å²) in [5.74, 6) is 0.861. The monoisotopic (exact) mass is 298 g/mol. The highest BCUT2D eigenvalue weighted by Crippen LogP contribution is 2.13. The van der Waals surface area contributed by atoms with Gasteiger partial charge in [-0.15, -0.1) is 0 Å². The Morgan fingerprint density at radius 3 is 2.55 bits per heavy atom. The van der Waals surface area contributed by atoms with Crippen molar-refractivity contribution in [3.8, 4) is 5.75 Å². The first-order chi connectivity index (χ1) is 10.6. The van der Waals surface area contributed by atoms with E-state index in [9.17, 15) is 4.79 Å². The van der Waals surface area contributed by atoms with Crippen molar-refractivity contribution in [2.24, 2.45) is 0 Å². The van der Waals surface area contributed by atoms with Crippen LogP contribution in [0.3, 0.4) is 0 Å². The van der Waals surface area contributed by atoms with Gasteiger partial charge in [-0.25, -0.2) is 0 Å². The molecule has 2 rings (SSSR count). The maximum atomic E-state index is 11.8. The van der Waals surface area contributed by atoms with Crippen molar-refractivity contribution >= 4 is 5.91 Å². The van der Waals surface area contributed by atoms with E-state index in [2.05, 4.69) is 10.3 Å². The van der Waals surface area contributed by atoms with Crippen molar-refractivity contribution in [1.82, 2.24) is 10.3 Å². The van der Waals surface area contributed by atoms with Gasteiger partial charge in [0.05, 0.1) is 6.54 Å². The van der Waals surface area contributed by atoms with Crippen LogP contribution in [-0.4, -0.2) is 23.5 Å². The number of hydrogen-bond donors (Lipinski definition) is 1. The number of benzene rings is 1. The molecular weight excluding hydrogens is 276 g/mol. The normalized spacial score (nSPS) is 11.7. The van der Waals surface area contributed by atoms with Gasteiger partial charge >= 0.3 is 0 Å². The first-order valence-electron chi connectivity index (χ1n) is 7.52. The lowest BCUT2D eigenvalue weighted by Crippen LogP contribution is -2.33. The number of carbonyl (C=O) groups is 1. The second kappa shape index (κ2) is 8.17. The number of pyridine rings is 1. The van der Waals surface area contributed by atoms with Crippen LogP contribution in [0.25, 0.3) is 0 Å². The molecule has 1 amide bonds. The number of nitrogens with one attached hydrogen (secondary N) is 1. The highest BCUT2D eigenvalue weighted by Gasteiger charge is 2.07. The summed E-state index contributed by atoms with van der Waals surface area (Å²) in [5.41, 5.74) is 2.32. The Morgan fingerprint density at radius 1 is 1.18 bits per heavy atom. The van der Waals surface area contributed by atoms with Crippen LogP contribution in [0, 0.1) is 6.92 Å². The smallest absolute Gasteiger partial charge is 0.220 e. The van der Waals surface area contributed by atoms with E-state index in [4.69, 9.17) is 4.74 Å². The van der Waals surface area contributed by atoms with Crippen LogP contribution in [0.2, 0.25) is 0 Å². The second-order valence-electron chi connectivity index (χ2n) is 5.40. The molecule has 0 aliphatic carbocycles. The molecule has 0 aliphatic rings.